The number of carbonyl (C=O) groups excluding carboxylic acids is 1. The Balaban J connectivity index is 1.69. The molecule has 0 saturated carbocycles. The molecule has 1 aromatic heterocycles. The summed E-state index contributed by atoms with van der Waals surface area (Å²) in [7, 11) is 1.30. The first-order valence-electron chi connectivity index (χ1n) is 8.16. The highest BCUT2D eigenvalue weighted by atomic mass is 35.5. The van der Waals surface area contributed by atoms with E-state index >= 15 is 0 Å². The number of hydrogen-bond donors (Lipinski definition) is 1. The molecule has 1 N–H and O–H groups in total. The van der Waals surface area contributed by atoms with Crippen LogP contribution >= 0.6 is 11.6 Å². The zero-order chi connectivity index (χ0) is 20.1. The Kier molecular flexibility index (Phi) is 6.10. The second kappa shape index (κ2) is 8.71. The van der Waals surface area contributed by atoms with Crippen LogP contribution in [-0.4, -0.2) is 29.4 Å². The van der Waals surface area contributed by atoms with Gasteiger partial charge in [-0.25, -0.2) is 0 Å². The van der Waals surface area contributed by atoms with E-state index in [1.165, 1.54) is 25.3 Å². The Morgan fingerprint density at radius 1 is 1.21 bits per heavy atom. The second-order valence-corrected chi connectivity index (χ2v) is 6.16. The minimum absolute atomic E-state index is 0.0273. The molecule has 146 valence electrons. The summed E-state index contributed by atoms with van der Waals surface area (Å²) in [4.78, 5) is 12.4. The minimum atomic E-state index is -2.99. The van der Waals surface area contributed by atoms with Crippen molar-refractivity contribution in [2.45, 2.75) is 13.2 Å². The molecule has 3 rings (SSSR count). The number of ether oxygens (including phenoxy) is 2. The number of hydrogen-bond acceptors (Lipinski definition) is 4. The molecule has 0 unspecified atom stereocenters. The summed E-state index contributed by atoms with van der Waals surface area (Å²) in [5.41, 5.74) is 1.18. The Hall–Kier alpha value is -3.13. The number of halogens is 3. The van der Waals surface area contributed by atoms with Gasteiger partial charge in [-0.05, 0) is 35.9 Å². The van der Waals surface area contributed by atoms with Crippen molar-refractivity contribution in [1.82, 2.24) is 9.78 Å². The smallest absolute Gasteiger partial charge is 0.387 e. The van der Waals surface area contributed by atoms with Crippen LogP contribution in [0, 0.1) is 0 Å². The molecule has 0 radical (unpaired) electrons. The molecule has 2 aromatic carbocycles. The molecule has 0 aliphatic carbocycles. The van der Waals surface area contributed by atoms with Crippen LogP contribution in [0.3, 0.4) is 0 Å². The molecule has 0 aliphatic heterocycles. The standard InChI is InChI=1S/C19H16ClF2N3O3/c1-27-16-10-13(5-6-15(16)28-19(21)22)18(26)23-17-7-8-25(24-17)11-12-3-2-4-14(20)9-12/h2-10,19H,11H2,1H3,(H,23,24,26). The number of rotatable bonds is 7. The predicted molar refractivity (Wildman–Crippen MR) is 100 cm³/mol. The van der Waals surface area contributed by atoms with E-state index < -0.39 is 12.5 Å². The fourth-order valence-electron chi connectivity index (χ4n) is 2.53. The largest absolute Gasteiger partial charge is 0.493 e. The Labute approximate surface area is 164 Å². The molecule has 9 heteroatoms. The first-order valence-corrected chi connectivity index (χ1v) is 8.54. The van der Waals surface area contributed by atoms with Crippen molar-refractivity contribution in [3.05, 3.63) is 70.9 Å². The third kappa shape index (κ3) is 4.98. The van der Waals surface area contributed by atoms with Crippen molar-refractivity contribution in [3.8, 4) is 11.5 Å². The molecule has 3 aromatic rings. The first kappa shape index (κ1) is 19.6. The minimum Gasteiger partial charge on any atom is -0.493 e. The summed E-state index contributed by atoms with van der Waals surface area (Å²) in [5, 5.41) is 7.56. The molecular formula is C19H16ClF2N3O3. The van der Waals surface area contributed by atoms with Crippen molar-refractivity contribution in [2.75, 3.05) is 12.4 Å². The number of nitrogens with one attached hydrogen (secondary N) is 1. The van der Waals surface area contributed by atoms with Crippen LogP contribution in [0.5, 0.6) is 11.5 Å². The topological polar surface area (TPSA) is 65.4 Å². The van der Waals surface area contributed by atoms with Gasteiger partial charge in [0.05, 0.1) is 13.7 Å². The van der Waals surface area contributed by atoms with E-state index in [0.29, 0.717) is 17.4 Å². The monoisotopic (exact) mass is 407 g/mol. The predicted octanol–water partition coefficient (Wildman–Crippen LogP) is 4.45. The molecule has 0 fully saturated rings. The maximum Gasteiger partial charge on any atom is 0.387 e. The highest BCUT2D eigenvalue weighted by Crippen LogP contribution is 2.29. The van der Waals surface area contributed by atoms with Gasteiger partial charge in [0.25, 0.3) is 5.91 Å². The second-order valence-electron chi connectivity index (χ2n) is 5.73. The zero-order valence-corrected chi connectivity index (χ0v) is 15.5. The summed E-state index contributed by atoms with van der Waals surface area (Å²) in [6, 6.07) is 12.9. The van der Waals surface area contributed by atoms with Gasteiger partial charge in [-0.3, -0.25) is 9.48 Å². The Morgan fingerprint density at radius 3 is 2.75 bits per heavy atom. The number of alkyl halides is 2. The molecule has 0 atom stereocenters. The molecule has 0 spiro atoms. The molecule has 1 amide bonds. The van der Waals surface area contributed by atoms with E-state index in [2.05, 4.69) is 15.2 Å². The van der Waals surface area contributed by atoms with Gasteiger partial charge in [0, 0.05) is 22.8 Å². The molecule has 28 heavy (non-hydrogen) atoms. The maximum absolute atomic E-state index is 12.4. The van der Waals surface area contributed by atoms with Crippen molar-refractivity contribution in [2.24, 2.45) is 0 Å². The lowest BCUT2D eigenvalue weighted by molar-refractivity contribution is -0.0512. The quantitative estimate of drug-likeness (QED) is 0.628. The van der Waals surface area contributed by atoms with E-state index in [4.69, 9.17) is 16.3 Å². The number of benzene rings is 2. The Morgan fingerprint density at radius 2 is 2.04 bits per heavy atom. The van der Waals surface area contributed by atoms with Crippen LogP contribution in [0.15, 0.2) is 54.7 Å². The SMILES string of the molecule is COc1cc(C(=O)Nc2ccn(Cc3cccc(Cl)c3)n2)ccc1OC(F)F. The van der Waals surface area contributed by atoms with E-state index in [-0.39, 0.29) is 17.1 Å². The number of methoxy groups -OCH3 is 1. The molecule has 1 heterocycles. The van der Waals surface area contributed by atoms with Crippen molar-refractivity contribution >= 4 is 23.3 Å². The molecule has 0 aliphatic rings. The number of carbonyl (C=O) groups is 1. The van der Waals surface area contributed by atoms with Crippen LogP contribution in [0.2, 0.25) is 5.02 Å². The van der Waals surface area contributed by atoms with Crippen molar-refractivity contribution in [3.63, 3.8) is 0 Å². The fourth-order valence-corrected chi connectivity index (χ4v) is 2.74. The highest BCUT2D eigenvalue weighted by Gasteiger charge is 2.15. The lowest BCUT2D eigenvalue weighted by atomic mass is 10.2. The third-order valence-electron chi connectivity index (χ3n) is 3.76. The van der Waals surface area contributed by atoms with Gasteiger partial charge in [0.15, 0.2) is 17.3 Å². The van der Waals surface area contributed by atoms with Gasteiger partial charge in [-0.1, -0.05) is 23.7 Å². The van der Waals surface area contributed by atoms with Crippen molar-refractivity contribution in [1.29, 1.82) is 0 Å². The van der Waals surface area contributed by atoms with Gasteiger partial charge < -0.3 is 14.8 Å². The molecule has 6 nitrogen and oxygen atoms in total. The summed E-state index contributed by atoms with van der Waals surface area (Å²) in [6.45, 7) is -2.50. The van der Waals surface area contributed by atoms with Crippen LogP contribution in [0.25, 0.3) is 0 Å². The van der Waals surface area contributed by atoms with Gasteiger partial charge in [0.2, 0.25) is 0 Å². The van der Waals surface area contributed by atoms with Gasteiger partial charge in [0.1, 0.15) is 0 Å². The van der Waals surface area contributed by atoms with Gasteiger partial charge >= 0.3 is 6.61 Å². The fraction of sp³-hybridized carbons (Fsp3) is 0.158. The summed E-state index contributed by atoms with van der Waals surface area (Å²) in [5.74, 6) is -0.243. The van der Waals surface area contributed by atoms with E-state index in [1.54, 1.807) is 23.0 Å². The third-order valence-corrected chi connectivity index (χ3v) is 3.99. The number of nitrogens with zero attached hydrogens (tertiary/aromatic N) is 2. The summed E-state index contributed by atoms with van der Waals surface area (Å²) in [6.07, 6.45) is 1.72. The van der Waals surface area contributed by atoms with E-state index in [9.17, 15) is 13.6 Å². The van der Waals surface area contributed by atoms with Gasteiger partial charge in [-0.15, -0.1) is 0 Å². The van der Waals surface area contributed by atoms with Crippen LogP contribution in [-0.2, 0) is 6.54 Å². The average Bonchev–Trinajstić information content (AvgIpc) is 3.08. The number of anilines is 1. The van der Waals surface area contributed by atoms with E-state index in [1.807, 2.05) is 18.2 Å². The Bertz CT molecular complexity index is 979. The lowest BCUT2D eigenvalue weighted by Crippen LogP contribution is -2.13. The van der Waals surface area contributed by atoms with Crippen LogP contribution in [0.1, 0.15) is 15.9 Å². The van der Waals surface area contributed by atoms with Crippen LogP contribution in [0.4, 0.5) is 14.6 Å². The summed E-state index contributed by atoms with van der Waals surface area (Å²) < 4.78 is 35.8. The van der Waals surface area contributed by atoms with E-state index in [0.717, 1.165) is 5.56 Å². The average molecular weight is 408 g/mol. The first-order chi connectivity index (χ1) is 13.4. The molecule has 0 bridgehead atoms. The molecular weight excluding hydrogens is 392 g/mol. The maximum atomic E-state index is 12.4. The molecule has 0 saturated heterocycles. The van der Waals surface area contributed by atoms with Crippen LogP contribution < -0.4 is 14.8 Å². The number of amides is 1. The normalized spacial score (nSPS) is 10.8. The summed E-state index contributed by atoms with van der Waals surface area (Å²) >= 11 is 5.97. The lowest BCUT2D eigenvalue weighted by Gasteiger charge is -2.11. The zero-order valence-electron chi connectivity index (χ0n) is 14.7. The van der Waals surface area contributed by atoms with Crippen molar-refractivity contribution < 1.29 is 23.0 Å². The van der Waals surface area contributed by atoms with Gasteiger partial charge in [-0.2, -0.15) is 13.9 Å². The highest BCUT2D eigenvalue weighted by molar-refractivity contribution is 6.30. The number of aromatic nitrogens is 2.